The highest BCUT2D eigenvalue weighted by Crippen LogP contribution is 2.03. The second-order valence-electron chi connectivity index (χ2n) is 3.49. The normalized spacial score (nSPS) is 12.5. The molecule has 1 amide bonds. The quantitative estimate of drug-likeness (QED) is 0.270. The second-order valence-corrected chi connectivity index (χ2v) is 3.49. The average Bonchev–Trinajstić information content (AvgIpc) is 2.21. The van der Waals surface area contributed by atoms with Crippen LogP contribution in [0.3, 0.4) is 0 Å². The molecule has 1 unspecified atom stereocenters. The van der Waals surface area contributed by atoms with Crippen molar-refractivity contribution < 1.29 is 9.53 Å². The lowest BCUT2D eigenvalue weighted by molar-refractivity contribution is -0.121. The highest BCUT2D eigenvalue weighted by Gasteiger charge is 2.05. The fourth-order valence-corrected chi connectivity index (χ4v) is 1.13. The molecule has 0 aromatic rings. The van der Waals surface area contributed by atoms with E-state index in [2.05, 4.69) is 12.3 Å². The number of carbonyl (C=O) groups excluding carboxylic acids is 1. The van der Waals surface area contributed by atoms with E-state index in [1.54, 1.807) is 0 Å². The van der Waals surface area contributed by atoms with E-state index in [4.69, 9.17) is 10.6 Å². The highest BCUT2D eigenvalue weighted by molar-refractivity contribution is 5.75. The van der Waals surface area contributed by atoms with Crippen molar-refractivity contribution in [2.45, 2.75) is 52.1 Å². The number of hydrogen-bond donors (Lipinski definition) is 2. The van der Waals surface area contributed by atoms with Crippen molar-refractivity contribution in [1.29, 1.82) is 0 Å². The van der Waals surface area contributed by atoms with Crippen LogP contribution >= 0.6 is 0 Å². The molecule has 0 saturated carbocycles. The summed E-state index contributed by atoms with van der Waals surface area (Å²) in [5.41, 5.74) is 2.10. The van der Waals surface area contributed by atoms with Gasteiger partial charge in [-0.25, -0.2) is 5.84 Å². The van der Waals surface area contributed by atoms with E-state index < -0.39 is 0 Å². The Hall–Kier alpha value is -0.610. The molecule has 0 heterocycles. The van der Waals surface area contributed by atoms with E-state index in [-0.39, 0.29) is 12.0 Å². The Morgan fingerprint density at radius 1 is 1.50 bits per heavy atom. The zero-order valence-electron chi connectivity index (χ0n) is 9.21. The van der Waals surface area contributed by atoms with E-state index >= 15 is 0 Å². The minimum atomic E-state index is -0.131. The van der Waals surface area contributed by atoms with Crippen molar-refractivity contribution in [3.63, 3.8) is 0 Å². The van der Waals surface area contributed by atoms with Crippen LogP contribution in [0.5, 0.6) is 0 Å². The molecule has 0 radical (unpaired) electrons. The van der Waals surface area contributed by atoms with Crippen LogP contribution in [-0.2, 0) is 9.53 Å². The maximum absolute atomic E-state index is 10.8. The third kappa shape index (κ3) is 8.01. The van der Waals surface area contributed by atoms with Crippen LogP contribution in [-0.4, -0.2) is 18.6 Å². The van der Waals surface area contributed by atoms with E-state index in [9.17, 15) is 4.79 Å². The van der Waals surface area contributed by atoms with Gasteiger partial charge < -0.3 is 4.74 Å². The third-order valence-electron chi connectivity index (χ3n) is 2.09. The Labute approximate surface area is 86.2 Å². The lowest BCUT2D eigenvalue weighted by Crippen LogP contribution is -2.30. The Morgan fingerprint density at radius 3 is 2.79 bits per heavy atom. The smallest absolute Gasteiger partial charge is 0.233 e. The summed E-state index contributed by atoms with van der Waals surface area (Å²) in [4.78, 5) is 10.8. The van der Waals surface area contributed by atoms with Crippen LogP contribution in [0, 0.1) is 0 Å². The van der Waals surface area contributed by atoms with E-state index in [0.29, 0.717) is 6.42 Å². The molecule has 0 aliphatic carbocycles. The Kier molecular flexibility index (Phi) is 8.57. The zero-order chi connectivity index (χ0) is 10.8. The molecule has 0 aliphatic rings. The molecule has 3 N–H and O–H groups in total. The largest absolute Gasteiger partial charge is 0.378 e. The van der Waals surface area contributed by atoms with Gasteiger partial charge in [0.25, 0.3) is 0 Å². The fraction of sp³-hybridized carbons (Fsp3) is 0.900. The summed E-state index contributed by atoms with van der Waals surface area (Å²) >= 11 is 0. The van der Waals surface area contributed by atoms with Crippen molar-refractivity contribution in [1.82, 2.24) is 5.43 Å². The standard InChI is InChI=1S/C10H22N2O2/c1-3-4-5-8-14-9(2)6-7-10(13)12-11/h9H,3-8,11H2,1-2H3,(H,12,13). The Balaban J connectivity index is 3.27. The first kappa shape index (κ1) is 13.4. The van der Waals surface area contributed by atoms with Gasteiger partial charge in [-0.1, -0.05) is 19.8 Å². The maximum Gasteiger partial charge on any atom is 0.233 e. The van der Waals surface area contributed by atoms with Crippen LogP contribution in [0.4, 0.5) is 0 Å². The first-order valence-electron chi connectivity index (χ1n) is 5.31. The summed E-state index contributed by atoms with van der Waals surface area (Å²) in [7, 11) is 0. The van der Waals surface area contributed by atoms with Crippen molar-refractivity contribution in [2.75, 3.05) is 6.61 Å². The van der Waals surface area contributed by atoms with Crippen LogP contribution in [0.1, 0.15) is 46.0 Å². The highest BCUT2D eigenvalue weighted by atomic mass is 16.5. The van der Waals surface area contributed by atoms with Crippen molar-refractivity contribution in [2.24, 2.45) is 5.84 Å². The molecule has 4 heteroatoms. The predicted molar refractivity (Wildman–Crippen MR) is 56.5 cm³/mol. The Bertz CT molecular complexity index is 151. The van der Waals surface area contributed by atoms with Crippen LogP contribution in [0.15, 0.2) is 0 Å². The summed E-state index contributed by atoms with van der Waals surface area (Å²) < 4.78 is 5.52. The lowest BCUT2D eigenvalue weighted by atomic mass is 10.2. The molecule has 0 aromatic carbocycles. The molecule has 0 bridgehead atoms. The number of unbranched alkanes of at least 4 members (excludes halogenated alkanes) is 2. The van der Waals surface area contributed by atoms with Gasteiger partial charge in [-0.05, 0) is 19.8 Å². The molecule has 14 heavy (non-hydrogen) atoms. The summed E-state index contributed by atoms with van der Waals surface area (Å²) in [5, 5.41) is 0. The minimum absolute atomic E-state index is 0.131. The van der Waals surface area contributed by atoms with Crippen molar-refractivity contribution >= 4 is 5.91 Å². The maximum atomic E-state index is 10.8. The van der Waals surface area contributed by atoms with Crippen LogP contribution in [0.25, 0.3) is 0 Å². The summed E-state index contributed by atoms with van der Waals surface area (Å²) in [6.07, 6.45) is 4.82. The number of nitrogens with two attached hydrogens (primary N) is 1. The predicted octanol–water partition coefficient (Wildman–Crippen LogP) is 1.35. The van der Waals surface area contributed by atoms with Crippen molar-refractivity contribution in [3.8, 4) is 0 Å². The number of nitrogens with one attached hydrogen (secondary N) is 1. The fourth-order valence-electron chi connectivity index (χ4n) is 1.13. The Morgan fingerprint density at radius 2 is 2.21 bits per heavy atom. The lowest BCUT2D eigenvalue weighted by Gasteiger charge is -2.11. The number of amides is 1. The van der Waals surface area contributed by atoms with Gasteiger partial charge in [-0.15, -0.1) is 0 Å². The van der Waals surface area contributed by atoms with Gasteiger partial charge >= 0.3 is 0 Å². The topological polar surface area (TPSA) is 64.3 Å². The molecule has 0 fully saturated rings. The first-order chi connectivity index (χ1) is 6.70. The molecule has 1 atom stereocenters. The number of carbonyl (C=O) groups is 1. The third-order valence-corrected chi connectivity index (χ3v) is 2.09. The molecular weight excluding hydrogens is 180 g/mol. The molecule has 0 rings (SSSR count). The number of hydrogen-bond acceptors (Lipinski definition) is 3. The van der Waals surface area contributed by atoms with Gasteiger partial charge in [0.15, 0.2) is 0 Å². The monoisotopic (exact) mass is 202 g/mol. The molecule has 0 saturated heterocycles. The second kappa shape index (κ2) is 8.97. The molecular formula is C10H22N2O2. The molecule has 0 aromatic heterocycles. The summed E-state index contributed by atoms with van der Waals surface area (Å²) in [6, 6.07) is 0. The average molecular weight is 202 g/mol. The van der Waals surface area contributed by atoms with Gasteiger partial charge in [0.05, 0.1) is 6.10 Å². The molecule has 0 aliphatic heterocycles. The summed E-state index contributed by atoms with van der Waals surface area (Å²) in [5.74, 6) is 4.83. The minimum Gasteiger partial charge on any atom is -0.378 e. The summed E-state index contributed by atoms with van der Waals surface area (Å²) in [6.45, 7) is 4.93. The van der Waals surface area contributed by atoms with Gasteiger partial charge in [-0.2, -0.15) is 0 Å². The number of rotatable bonds is 8. The van der Waals surface area contributed by atoms with Gasteiger partial charge in [0.2, 0.25) is 5.91 Å². The van der Waals surface area contributed by atoms with E-state index in [1.807, 2.05) is 6.92 Å². The van der Waals surface area contributed by atoms with E-state index in [1.165, 1.54) is 12.8 Å². The zero-order valence-corrected chi connectivity index (χ0v) is 9.21. The number of ether oxygens (including phenoxy) is 1. The van der Waals surface area contributed by atoms with Gasteiger partial charge in [0, 0.05) is 13.0 Å². The molecule has 4 nitrogen and oxygen atoms in total. The first-order valence-corrected chi connectivity index (χ1v) is 5.31. The number of hydrazine groups is 1. The van der Waals surface area contributed by atoms with E-state index in [0.717, 1.165) is 19.4 Å². The SMILES string of the molecule is CCCCCOC(C)CCC(=O)NN. The van der Waals surface area contributed by atoms with Gasteiger partial charge in [0.1, 0.15) is 0 Å². The molecule has 84 valence electrons. The molecule has 0 spiro atoms. The van der Waals surface area contributed by atoms with Crippen LogP contribution in [0.2, 0.25) is 0 Å². The van der Waals surface area contributed by atoms with Gasteiger partial charge in [-0.3, -0.25) is 10.2 Å². The van der Waals surface area contributed by atoms with Crippen molar-refractivity contribution in [3.05, 3.63) is 0 Å². The van der Waals surface area contributed by atoms with Crippen LogP contribution < -0.4 is 11.3 Å².